The predicted octanol–water partition coefficient (Wildman–Crippen LogP) is 7.87. The van der Waals surface area contributed by atoms with Crippen LogP contribution in [0.4, 0.5) is 10.5 Å². The van der Waals surface area contributed by atoms with E-state index >= 15 is 0 Å². The van der Waals surface area contributed by atoms with Gasteiger partial charge in [0.2, 0.25) is 0 Å². The van der Waals surface area contributed by atoms with Crippen LogP contribution in [0.25, 0.3) is 6.08 Å². The number of carbonyl (C=O) groups excluding carboxylic acids is 3. The number of carbonyl (C=O) groups is 3. The van der Waals surface area contributed by atoms with Gasteiger partial charge in [-0.1, -0.05) is 59.1 Å². The zero-order valence-electron chi connectivity index (χ0n) is 23.3. The van der Waals surface area contributed by atoms with Crippen LogP contribution in [0, 0.1) is 0 Å². The van der Waals surface area contributed by atoms with Gasteiger partial charge in [-0.05, 0) is 90.4 Å². The van der Waals surface area contributed by atoms with Gasteiger partial charge in [-0.25, -0.2) is 9.69 Å². The normalized spacial score (nSPS) is 14.0. The van der Waals surface area contributed by atoms with E-state index in [4.69, 9.17) is 49.0 Å². The summed E-state index contributed by atoms with van der Waals surface area (Å²) in [6, 6.07) is 23.1. The second-order valence-corrected chi connectivity index (χ2v) is 10.8. The smallest absolute Gasteiger partial charge is 0.335 e. The number of nitrogens with zero attached hydrogens (tertiary/aromatic N) is 1. The van der Waals surface area contributed by atoms with Gasteiger partial charge in [-0.3, -0.25) is 14.9 Å². The van der Waals surface area contributed by atoms with Gasteiger partial charge in [0.1, 0.15) is 24.5 Å². The first-order chi connectivity index (χ1) is 21.2. The average molecular weight is 652 g/mol. The van der Waals surface area contributed by atoms with Crippen LogP contribution < -0.4 is 24.4 Å². The fourth-order valence-electron chi connectivity index (χ4n) is 4.35. The molecule has 0 aliphatic carbocycles. The third-order valence-electron chi connectivity index (χ3n) is 6.43. The number of barbiturate groups is 1. The standard InChI is InChI=1S/C33H25Cl3N2O6/c1-2-42-29-17-22(16-28(36)30(29)44-19-21-4-3-5-24(35)14-21)15-27-31(39)37-33(41)38(32(27)40)25-10-12-26(13-11-25)43-18-20-6-8-23(34)9-7-20/h3-17H,2,18-19H2,1H3,(H,37,39,41)/b27-15+. The van der Waals surface area contributed by atoms with Gasteiger partial charge in [0.15, 0.2) is 11.5 Å². The number of amides is 4. The largest absolute Gasteiger partial charge is 0.490 e. The van der Waals surface area contributed by atoms with E-state index in [-0.39, 0.29) is 22.9 Å². The molecule has 11 heteroatoms. The number of halogens is 3. The number of benzene rings is 4. The maximum Gasteiger partial charge on any atom is 0.335 e. The van der Waals surface area contributed by atoms with Gasteiger partial charge in [-0.2, -0.15) is 0 Å². The first kappa shape index (κ1) is 30.9. The molecule has 0 spiro atoms. The highest BCUT2D eigenvalue weighted by Crippen LogP contribution is 2.38. The molecule has 0 saturated carbocycles. The van der Waals surface area contributed by atoms with Crippen LogP contribution in [0.5, 0.6) is 17.2 Å². The monoisotopic (exact) mass is 650 g/mol. The van der Waals surface area contributed by atoms with Gasteiger partial charge in [-0.15, -0.1) is 0 Å². The zero-order chi connectivity index (χ0) is 31.2. The summed E-state index contributed by atoms with van der Waals surface area (Å²) in [6.07, 6.45) is 1.34. The number of hydrogen-bond donors (Lipinski definition) is 1. The molecule has 5 rings (SSSR count). The van der Waals surface area contributed by atoms with Crippen molar-refractivity contribution in [2.24, 2.45) is 0 Å². The molecule has 1 fully saturated rings. The molecule has 4 amide bonds. The minimum atomic E-state index is -0.871. The van der Waals surface area contributed by atoms with Crippen molar-refractivity contribution in [3.8, 4) is 17.2 Å². The first-order valence-corrected chi connectivity index (χ1v) is 14.6. The highest BCUT2D eigenvalue weighted by atomic mass is 35.5. The number of hydrogen-bond acceptors (Lipinski definition) is 6. The van der Waals surface area contributed by atoms with Crippen LogP contribution in [0.2, 0.25) is 15.1 Å². The summed E-state index contributed by atoms with van der Waals surface area (Å²) in [5, 5.41) is 3.63. The van der Waals surface area contributed by atoms with E-state index in [0.29, 0.717) is 46.1 Å². The molecule has 44 heavy (non-hydrogen) atoms. The molecule has 1 N–H and O–H groups in total. The van der Waals surface area contributed by atoms with Crippen molar-refractivity contribution >= 4 is 64.4 Å². The lowest BCUT2D eigenvalue weighted by Gasteiger charge is -2.26. The number of anilines is 1. The van der Waals surface area contributed by atoms with Crippen molar-refractivity contribution in [2.45, 2.75) is 20.1 Å². The Morgan fingerprint density at radius 1 is 0.773 bits per heavy atom. The molecular formula is C33H25Cl3N2O6. The summed E-state index contributed by atoms with van der Waals surface area (Å²) in [5.74, 6) is -0.500. The fraction of sp³-hybridized carbons (Fsp3) is 0.121. The van der Waals surface area contributed by atoms with Gasteiger partial charge in [0.25, 0.3) is 11.8 Å². The number of nitrogens with one attached hydrogen (secondary N) is 1. The maximum absolute atomic E-state index is 13.5. The Balaban J connectivity index is 1.35. The second-order valence-electron chi connectivity index (χ2n) is 9.55. The minimum absolute atomic E-state index is 0.184. The van der Waals surface area contributed by atoms with Crippen molar-refractivity contribution in [1.82, 2.24) is 5.32 Å². The summed E-state index contributed by atoms with van der Waals surface area (Å²) >= 11 is 18.6. The Kier molecular flexibility index (Phi) is 9.75. The summed E-state index contributed by atoms with van der Waals surface area (Å²) in [7, 11) is 0. The molecule has 0 aromatic heterocycles. The Labute approximate surface area is 268 Å². The van der Waals surface area contributed by atoms with E-state index in [1.54, 1.807) is 67.6 Å². The van der Waals surface area contributed by atoms with Crippen molar-refractivity contribution in [3.05, 3.63) is 122 Å². The van der Waals surface area contributed by atoms with E-state index in [1.807, 2.05) is 24.3 Å². The third kappa shape index (κ3) is 7.34. The fourth-order valence-corrected chi connectivity index (χ4v) is 4.97. The number of urea groups is 1. The van der Waals surface area contributed by atoms with Gasteiger partial charge in [0.05, 0.1) is 17.3 Å². The van der Waals surface area contributed by atoms with Crippen molar-refractivity contribution in [3.63, 3.8) is 0 Å². The van der Waals surface area contributed by atoms with E-state index in [9.17, 15) is 14.4 Å². The maximum atomic E-state index is 13.5. The quantitative estimate of drug-likeness (QED) is 0.139. The average Bonchev–Trinajstić information content (AvgIpc) is 2.99. The zero-order valence-corrected chi connectivity index (χ0v) is 25.6. The Morgan fingerprint density at radius 3 is 2.20 bits per heavy atom. The molecule has 1 saturated heterocycles. The topological polar surface area (TPSA) is 94.2 Å². The van der Waals surface area contributed by atoms with E-state index in [2.05, 4.69) is 5.32 Å². The molecule has 0 bridgehead atoms. The lowest BCUT2D eigenvalue weighted by Crippen LogP contribution is -2.54. The Hall–Kier alpha value is -4.50. The SMILES string of the molecule is CCOc1cc(/C=C2\C(=O)NC(=O)N(c3ccc(OCc4ccc(Cl)cc4)cc3)C2=O)cc(Cl)c1OCc1cccc(Cl)c1. The molecule has 224 valence electrons. The number of ether oxygens (including phenoxy) is 3. The Bertz CT molecular complexity index is 1740. The van der Waals surface area contributed by atoms with E-state index < -0.39 is 17.8 Å². The molecule has 1 aliphatic heterocycles. The van der Waals surface area contributed by atoms with Gasteiger partial charge in [0, 0.05) is 10.0 Å². The molecule has 4 aromatic carbocycles. The highest BCUT2D eigenvalue weighted by Gasteiger charge is 2.37. The molecular weight excluding hydrogens is 627 g/mol. The molecule has 8 nitrogen and oxygen atoms in total. The summed E-state index contributed by atoms with van der Waals surface area (Å²) in [6.45, 7) is 2.60. The third-order valence-corrected chi connectivity index (χ3v) is 7.20. The van der Waals surface area contributed by atoms with Crippen LogP contribution in [-0.2, 0) is 22.8 Å². The van der Waals surface area contributed by atoms with Crippen LogP contribution in [0.3, 0.4) is 0 Å². The number of rotatable bonds is 10. The van der Waals surface area contributed by atoms with Gasteiger partial charge >= 0.3 is 6.03 Å². The van der Waals surface area contributed by atoms with Crippen molar-refractivity contribution < 1.29 is 28.6 Å². The second kappa shape index (κ2) is 13.9. The molecule has 0 radical (unpaired) electrons. The molecule has 1 heterocycles. The summed E-state index contributed by atoms with van der Waals surface area (Å²) < 4.78 is 17.5. The lowest BCUT2D eigenvalue weighted by molar-refractivity contribution is -0.122. The molecule has 4 aromatic rings. The van der Waals surface area contributed by atoms with E-state index in [1.165, 1.54) is 6.08 Å². The van der Waals surface area contributed by atoms with Crippen molar-refractivity contribution in [1.29, 1.82) is 0 Å². The van der Waals surface area contributed by atoms with Crippen LogP contribution >= 0.6 is 34.8 Å². The highest BCUT2D eigenvalue weighted by molar-refractivity contribution is 6.39. The summed E-state index contributed by atoms with van der Waals surface area (Å²) in [5.41, 5.74) is 2.14. The lowest BCUT2D eigenvalue weighted by atomic mass is 10.1. The minimum Gasteiger partial charge on any atom is -0.490 e. The van der Waals surface area contributed by atoms with Gasteiger partial charge < -0.3 is 14.2 Å². The predicted molar refractivity (Wildman–Crippen MR) is 170 cm³/mol. The molecule has 1 aliphatic rings. The van der Waals surface area contributed by atoms with E-state index in [0.717, 1.165) is 16.0 Å². The molecule has 0 unspecified atom stereocenters. The first-order valence-electron chi connectivity index (χ1n) is 13.4. The van der Waals surface area contributed by atoms with Crippen LogP contribution in [0.1, 0.15) is 23.6 Å². The molecule has 0 atom stereocenters. The van der Waals surface area contributed by atoms with Crippen LogP contribution in [0.15, 0.2) is 90.5 Å². The Morgan fingerprint density at radius 2 is 1.50 bits per heavy atom. The summed E-state index contributed by atoms with van der Waals surface area (Å²) in [4.78, 5) is 39.8. The van der Waals surface area contributed by atoms with Crippen LogP contribution in [-0.4, -0.2) is 24.5 Å². The van der Waals surface area contributed by atoms with Crippen molar-refractivity contribution in [2.75, 3.05) is 11.5 Å². The number of imide groups is 2.